The van der Waals surface area contributed by atoms with E-state index in [1.165, 1.54) is 6.07 Å². The summed E-state index contributed by atoms with van der Waals surface area (Å²) in [6.45, 7) is 0. The van der Waals surface area contributed by atoms with Gasteiger partial charge in [0.25, 0.3) is 0 Å². The van der Waals surface area contributed by atoms with Crippen molar-refractivity contribution in [3.63, 3.8) is 0 Å². The zero-order valence-electron chi connectivity index (χ0n) is 17.6. The van der Waals surface area contributed by atoms with Crippen molar-refractivity contribution in [3.8, 4) is 11.5 Å². The molecule has 6 nitrogen and oxygen atoms in total. The van der Waals surface area contributed by atoms with Crippen LogP contribution >= 0.6 is 15.9 Å². The van der Waals surface area contributed by atoms with Crippen LogP contribution in [-0.2, 0) is 25.5 Å². The molecule has 35 heavy (non-hydrogen) atoms. The Morgan fingerprint density at radius 1 is 0.829 bits per heavy atom. The molecule has 0 aliphatic heterocycles. The molecular weight excluding hydrogens is 568 g/mol. The number of methoxy groups -OCH3 is 2. The van der Waals surface area contributed by atoms with Crippen LogP contribution in [0.4, 0.5) is 35.1 Å². The lowest BCUT2D eigenvalue weighted by Gasteiger charge is -2.12. The molecule has 0 N–H and O–H groups in total. The van der Waals surface area contributed by atoms with Crippen molar-refractivity contribution < 1.29 is 63.7 Å². The second-order valence-corrected chi connectivity index (χ2v) is 7.10. The van der Waals surface area contributed by atoms with Crippen LogP contribution in [0, 0.1) is 11.6 Å². The molecule has 194 valence electrons. The Kier molecular flexibility index (Phi) is 10.7. The molecule has 0 aliphatic rings. The average Bonchev–Trinajstić information content (AvgIpc) is 2.75. The number of alkyl halides is 7. The van der Waals surface area contributed by atoms with Crippen molar-refractivity contribution in [1.29, 1.82) is 0 Å². The summed E-state index contributed by atoms with van der Waals surface area (Å²) >= 11 is 2.92. The van der Waals surface area contributed by atoms with E-state index in [1.807, 2.05) is 0 Å². The molecule has 0 aliphatic carbocycles. The largest absolute Gasteiger partial charge is 0.573 e. The Labute approximate surface area is 200 Å². The van der Waals surface area contributed by atoms with Gasteiger partial charge in [0.15, 0.2) is 23.1 Å². The Bertz CT molecular complexity index is 1030. The predicted molar refractivity (Wildman–Crippen MR) is 106 cm³/mol. The van der Waals surface area contributed by atoms with Crippen LogP contribution in [0.3, 0.4) is 0 Å². The van der Waals surface area contributed by atoms with Crippen molar-refractivity contribution in [1.82, 2.24) is 0 Å². The van der Waals surface area contributed by atoms with Gasteiger partial charge in [0.2, 0.25) is 0 Å². The molecule has 15 heteroatoms. The number of benzene rings is 2. The minimum absolute atomic E-state index is 0.0856. The molecule has 0 fully saturated rings. The zero-order chi connectivity index (χ0) is 27.0. The molecule has 1 unspecified atom stereocenters. The lowest BCUT2D eigenvalue weighted by molar-refractivity contribution is -0.276. The summed E-state index contributed by atoms with van der Waals surface area (Å²) in [6, 6.07) is 5.47. The topological polar surface area (TPSA) is 71.1 Å². The standard InChI is InChI=1S/C10H7BrF4O3.C10H8F4O3/c1-17-9(16)8(11)5-2-3-6(12)7(4-5)18-10(13,14)15;1-16-9(15)5-6-2-3-7(11)8(4-6)17-10(12,13)14/h2-4,8H,1H3;2-4H,5H2,1H3. The van der Waals surface area contributed by atoms with Gasteiger partial charge in [0, 0.05) is 0 Å². The minimum atomic E-state index is -5.01. The first kappa shape index (κ1) is 29.9. The van der Waals surface area contributed by atoms with Crippen molar-refractivity contribution in [3.05, 3.63) is 59.2 Å². The summed E-state index contributed by atoms with van der Waals surface area (Å²) in [5, 5.41) is 0. The Hall–Kier alpha value is -3.10. The van der Waals surface area contributed by atoms with Crippen molar-refractivity contribution in [2.24, 2.45) is 0 Å². The zero-order valence-corrected chi connectivity index (χ0v) is 19.2. The third-order valence-corrected chi connectivity index (χ3v) is 4.58. The van der Waals surface area contributed by atoms with Crippen LogP contribution in [-0.4, -0.2) is 38.9 Å². The second-order valence-electron chi connectivity index (χ2n) is 6.19. The van der Waals surface area contributed by atoms with E-state index in [2.05, 4.69) is 34.9 Å². The summed E-state index contributed by atoms with van der Waals surface area (Å²) < 4.78 is 113. The van der Waals surface area contributed by atoms with E-state index in [4.69, 9.17) is 0 Å². The van der Waals surface area contributed by atoms with Gasteiger partial charge in [-0.1, -0.05) is 28.1 Å². The fourth-order valence-corrected chi connectivity index (χ4v) is 2.69. The van der Waals surface area contributed by atoms with E-state index < -0.39 is 52.6 Å². The van der Waals surface area contributed by atoms with Gasteiger partial charge in [-0.25, -0.2) is 8.78 Å². The van der Waals surface area contributed by atoms with Crippen molar-refractivity contribution in [2.75, 3.05) is 14.2 Å². The van der Waals surface area contributed by atoms with Gasteiger partial charge >= 0.3 is 24.7 Å². The van der Waals surface area contributed by atoms with Gasteiger partial charge in [0.1, 0.15) is 4.83 Å². The van der Waals surface area contributed by atoms with Crippen LogP contribution < -0.4 is 9.47 Å². The number of ether oxygens (including phenoxy) is 4. The molecule has 2 rings (SSSR count). The molecule has 0 spiro atoms. The summed E-state index contributed by atoms with van der Waals surface area (Å²) in [6.07, 6.45) is -10.2. The highest BCUT2D eigenvalue weighted by Crippen LogP contribution is 2.32. The molecule has 0 saturated carbocycles. The molecule has 0 amide bonds. The van der Waals surface area contributed by atoms with E-state index in [1.54, 1.807) is 0 Å². The quantitative estimate of drug-likeness (QED) is 0.244. The van der Waals surface area contributed by atoms with E-state index >= 15 is 0 Å². The summed E-state index contributed by atoms with van der Waals surface area (Å²) in [5.41, 5.74) is 0.250. The summed E-state index contributed by atoms with van der Waals surface area (Å²) in [4.78, 5) is 21.1. The molecule has 0 radical (unpaired) electrons. The molecule has 0 saturated heterocycles. The molecule has 2 aromatic carbocycles. The lowest BCUT2D eigenvalue weighted by Crippen LogP contribution is -2.18. The van der Waals surface area contributed by atoms with Gasteiger partial charge in [0.05, 0.1) is 20.6 Å². The third-order valence-electron chi connectivity index (χ3n) is 3.68. The van der Waals surface area contributed by atoms with Gasteiger partial charge in [-0.15, -0.1) is 26.3 Å². The van der Waals surface area contributed by atoms with Crippen molar-refractivity contribution >= 4 is 27.9 Å². The highest BCUT2D eigenvalue weighted by Gasteiger charge is 2.33. The number of carbonyl (C=O) groups is 2. The van der Waals surface area contributed by atoms with Crippen LogP contribution in [0.25, 0.3) is 0 Å². The van der Waals surface area contributed by atoms with Crippen LogP contribution in [0.5, 0.6) is 11.5 Å². The van der Waals surface area contributed by atoms with E-state index in [0.717, 1.165) is 44.6 Å². The lowest BCUT2D eigenvalue weighted by atomic mass is 10.1. The molecule has 0 heterocycles. The predicted octanol–water partition coefficient (Wildman–Crippen LogP) is 5.77. The SMILES string of the molecule is COC(=O)C(Br)c1ccc(F)c(OC(F)(F)F)c1.COC(=O)Cc1ccc(F)c(OC(F)(F)F)c1. The monoisotopic (exact) mass is 582 g/mol. The average molecular weight is 583 g/mol. The highest BCUT2D eigenvalue weighted by molar-refractivity contribution is 9.09. The smallest absolute Gasteiger partial charge is 0.469 e. The van der Waals surface area contributed by atoms with Crippen molar-refractivity contribution in [2.45, 2.75) is 24.0 Å². The summed E-state index contributed by atoms with van der Waals surface area (Å²) in [5.74, 6) is -5.68. The molecule has 2 aromatic rings. The Morgan fingerprint density at radius 2 is 1.31 bits per heavy atom. The first-order chi connectivity index (χ1) is 16.1. The van der Waals surface area contributed by atoms with E-state index in [-0.39, 0.29) is 17.5 Å². The Morgan fingerprint density at radius 3 is 1.77 bits per heavy atom. The fraction of sp³-hybridized carbons (Fsp3) is 0.300. The molecule has 0 bridgehead atoms. The fourth-order valence-electron chi connectivity index (χ4n) is 2.22. The molecular formula is C20H15BrF8O6. The third kappa shape index (κ3) is 10.8. The van der Waals surface area contributed by atoms with Gasteiger partial charge in [-0.3, -0.25) is 9.59 Å². The van der Waals surface area contributed by atoms with Gasteiger partial charge in [-0.05, 0) is 35.4 Å². The first-order valence-corrected chi connectivity index (χ1v) is 9.86. The molecule has 0 aromatic heterocycles. The number of halogens is 9. The maximum absolute atomic E-state index is 13.1. The number of carbonyl (C=O) groups excluding carboxylic acids is 2. The molecule has 1 atom stereocenters. The van der Waals surface area contributed by atoms with Crippen LogP contribution in [0.2, 0.25) is 0 Å². The number of esters is 2. The Balaban J connectivity index is 0.000000351. The summed E-state index contributed by atoms with van der Waals surface area (Å²) in [7, 11) is 2.26. The maximum atomic E-state index is 13.1. The maximum Gasteiger partial charge on any atom is 0.573 e. The number of hydrogen-bond donors (Lipinski definition) is 0. The number of hydrogen-bond acceptors (Lipinski definition) is 6. The normalized spacial score (nSPS) is 12.1. The number of rotatable bonds is 6. The van der Waals surface area contributed by atoms with E-state index in [0.29, 0.717) is 0 Å². The highest BCUT2D eigenvalue weighted by atomic mass is 79.9. The second kappa shape index (κ2) is 12.6. The van der Waals surface area contributed by atoms with Crippen LogP contribution in [0.15, 0.2) is 36.4 Å². The first-order valence-electron chi connectivity index (χ1n) is 8.94. The van der Waals surface area contributed by atoms with E-state index in [9.17, 15) is 44.7 Å². The van der Waals surface area contributed by atoms with Gasteiger partial charge in [-0.2, -0.15) is 0 Å². The van der Waals surface area contributed by atoms with Gasteiger partial charge < -0.3 is 18.9 Å². The minimum Gasteiger partial charge on any atom is -0.469 e. The van der Waals surface area contributed by atoms with Crippen LogP contribution in [0.1, 0.15) is 16.0 Å².